The van der Waals surface area contributed by atoms with E-state index in [4.69, 9.17) is 0 Å². The van der Waals surface area contributed by atoms with Crippen molar-refractivity contribution < 1.29 is 19.1 Å². The van der Waals surface area contributed by atoms with Gasteiger partial charge in [-0.25, -0.2) is 0 Å². The second kappa shape index (κ2) is 6.69. The molecule has 0 N–H and O–H groups in total. The van der Waals surface area contributed by atoms with Crippen molar-refractivity contribution in [2.24, 2.45) is 5.92 Å². The third-order valence-corrected chi connectivity index (χ3v) is 2.65. The summed E-state index contributed by atoms with van der Waals surface area (Å²) < 4.78 is 4.62. The molecular weight excluding hydrogens is 232 g/mol. The molecule has 0 amide bonds. The van der Waals surface area contributed by atoms with E-state index in [9.17, 15) is 14.4 Å². The molecule has 0 saturated carbocycles. The average Bonchev–Trinajstić information content (AvgIpc) is 2.39. The predicted octanol–water partition coefficient (Wildman–Crippen LogP) is 2.03. The van der Waals surface area contributed by atoms with Crippen molar-refractivity contribution in [3.63, 3.8) is 0 Å². The Kier molecular flexibility index (Phi) is 5.24. The number of methoxy groups -OCH3 is 1. The van der Waals surface area contributed by atoms with Crippen molar-refractivity contribution in [2.45, 2.75) is 19.8 Å². The van der Waals surface area contributed by atoms with Gasteiger partial charge in [0.25, 0.3) is 0 Å². The van der Waals surface area contributed by atoms with Crippen LogP contribution in [0.1, 0.15) is 30.1 Å². The van der Waals surface area contributed by atoms with Crippen LogP contribution in [0.2, 0.25) is 0 Å². The lowest BCUT2D eigenvalue weighted by Crippen LogP contribution is -2.26. The number of ether oxygens (including phenoxy) is 1. The second-order valence-electron chi connectivity index (χ2n) is 4.05. The topological polar surface area (TPSA) is 60.4 Å². The fourth-order valence-corrected chi connectivity index (χ4v) is 1.65. The first-order valence-electron chi connectivity index (χ1n) is 5.72. The second-order valence-corrected chi connectivity index (χ2v) is 4.05. The van der Waals surface area contributed by atoms with Crippen LogP contribution in [0, 0.1) is 5.92 Å². The third kappa shape index (κ3) is 3.80. The summed E-state index contributed by atoms with van der Waals surface area (Å²) in [6.45, 7) is 1.43. The van der Waals surface area contributed by atoms with Gasteiger partial charge in [0.1, 0.15) is 11.7 Å². The Bertz CT molecular complexity index is 436. The smallest absolute Gasteiger partial charge is 0.316 e. The Balaban J connectivity index is 2.86. The van der Waals surface area contributed by atoms with Gasteiger partial charge in [-0.15, -0.1) is 0 Å². The highest BCUT2D eigenvalue weighted by molar-refractivity contribution is 6.08. The van der Waals surface area contributed by atoms with Crippen molar-refractivity contribution in [3.8, 4) is 0 Å². The summed E-state index contributed by atoms with van der Waals surface area (Å²) in [5.41, 5.74) is 0.455. The molecule has 1 unspecified atom stereocenters. The largest absolute Gasteiger partial charge is 0.468 e. The molecule has 0 spiro atoms. The van der Waals surface area contributed by atoms with E-state index >= 15 is 0 Å². The van der Waals surface area contributed by atoms with E-state index in [0.717, 1.165) is 0 Å². The highest BCUT2D eigenvalue weighted by atomic mass is 16.5. The normalized spacial score (nSPS) is 11.7. The van der Waals surface area contributed by atoms with Crippen molar-refractivity contribution in [2.75, 3.05) is 7.11 Å². The summed E-state index contributed by atoms with van der Waals surface area (Å²) in [5, 5.41) is 0. The van der Waals surface area contributed by atoms with Crippen LogP contribution < -0.4 is 0 Å². The number of hydrogen-bond donors (Lipinski definition) is 0. The van der Waals surface area contributed by atoms with Crippen LogP contribution in [-0.2, 0) is 14.3 Å². The molecule has 0 aromatic heterocycles. The average molecular weight is 248 g/mol. The molecule has 18 heavy (non-hydrogen) atoms. The van der Waals surface area contributed by atoms with Crippen LogP contribution in [0.3, 0.4) is 0 Å². The number of ketones is 2. The Hall–Kier alpha value is -1.97. The summed E-state index contributed by atoms with van der Waals surface area (Å²) in [5.74, 6) is -1.85. The molecule has 1 aromatic rings. The molecule has 0 heterocycles. The molecule has 0 bridgehead atoms. The first-order chi connectivity index (χ1) is 8.56. The summed E-state index contributed by atoms with van der Waals surface area (Å²) in [7, 11) is 1.24. The van der Waals surface area contributed by atoms with E-state index in [1.807, 2.05) is 0 Å². The minimum atomic E-state index is -0.902. The first kappa shape index (κ1) is 14.1. The Morgan fingerprint density at radius 1 is 1.17 bits per heavy atom. The maximum Gasteiger partial charge on any atom is 0.316 e. The van der Waals surface area contributed by atoms with E-state index in [1.165, 1.54) is 14.0 Å². The number of rotatable bonds is 6. The minimum absolute atomic E-state index is 0.0511. The lowest BCUT2D eigenvalue weighted by molar-refractivity contribution is -0.143. The first-order valence-corrected chi connectivity index (χ1v) is 5.72. The lowest BCUT2D eigenvalue weighted by atomic mass is 9.92. The van der Waals surface area contributed by atoms with Gasteiger partial charge in [0.15, 0.2) is 5.78 Å². The standard InChI is InChI=1S/C14H16O4/c1-10(15)8-9-12(14(17)18-2)13(16)11-6-4-3-5-7-11/h3-7,12H,8-9H2,1-2H3. The number of benzene rings is 1. The fraction of sp³-hybridized carbons (Fsp3) is 0.357. The van der Waals surface area contributed by atoms with Gasteiger partial charge in [-0.1, -0.05) is 30.3 Å². The van der Waals surface area contributed by atoms with Crippen LogP contribution in [0.5, 0.6) is 0 Å². The molecule has 0 aliphatic rings. The quantitative estimate of drug-likeness (QED) is 0.439. The maximum atomic E-state index is 12.1. The predicted molar refractivity (Wildman–Crippen MR) is 66.2 cm³/mol. The van der Waals surface area contributed by atoms with Gasteiger partial charge in [0.05, 0.1) is 7.11 Å². The van der Waals surface area contributed by atoms with E-state index in [2.05, 4.69) is 4.74 Å². The molecule has 4 heteroatoms. The fourth-order valence-electron chi connectivity index (χ4n) is 1.65. The zero-order valence-electron chi connectivity index (χ0n) is 10.5. The van der Waals surface area contributed by atoms with Crippen molar-refractivity contribution in [3.05, 3.63) is 35.9 Å². The van der Waals surface area contributed by atoms with Gasteiger partial charge in [0.2, 0.25) is 0 Å². The molecule has 1 aromatic carbocycles. The van der Waals surface area contributed by atoms with Crippen molar-refractivity contribution >= 4 is 17.5 Å². The van der Waals surface area contributed by atoms with Crippen LogP contribution in [0.15, 0.2) is 30.3 Å². The van der Waals surface area contributed by atoms with Crippen LogP contribution in [-0.4, -0.2) is 24.6 Å². The van der Waals surface area contributed by atoms with Gasteiger partial charge in [-0.3, -0.25) is 9.59 Å². The van der Waals surface area contributed by atoms with Crippen LogP contribution in [0.25, 0.3) is 0 Å². The highest BCUT2D eigenvalue weighted by Crippen LogP contribution is 2.16. The van der Waals surface area contributed by atoms with E-state index in [-0.39, 0.29) is 24.4 Å². The minimum Gasteiger partial charge on any atom is -0.468 e. The van der Waals surface area contributed by atoms with E-state index < -0.39 is 11.9 Å². The Morgan fingerprint density at radius 3 is 2.28 bits per heavy atom. The molecule has 1 atom stereocenters. The lowest BCUT2D eigenvalue weighted by Gasteiger charge is -2.12. The van der Waals surface area contributed by atoms with Gasteiger partial charge >= 0.3 is 5.97 Å². The Labute approximate surface area is 106 Å². The zero-order valence-corrected chi connectivity index (χ0v) is 10.5. The molecule has 0 radical (unpaired) electrons. The summed E-state index contributed by atoms with van der Waals surface area (Å²) in [6, 6.07) is 8.54. The molecule has 4 nitrogen and oxygen atoms in total. The molecular formula is C14H16O4. The maximum absolute atomic E-state index is 12.1. The van der Waals surface area contributed by atoms with Crippen molar-refractivity contribution in [1.29, 1.82) is 0 Å². The zero-order chi connectivity index (χ0) is 13.5. The number of carbonyl (C=O) groups excluding carboxylic acids is 3. The van der Waals surface area contributed by atoms with E-state index in [0.29, 0.717) is 5.56 Å². The van der Waals surface area contributed by atoms with Gasteiger partial charge in [-0.05, 0) is 13.3 Å². The molecule has 96 valence electrons. The number of hydrogen-bond acceptors (Lipinski definition) is 4. The number of Topliss-reactive ketones (excluding diaryl/α,β-unsaturated/α-hetero) is 2. The van der Waals surface area contributed by atoms with Crippen LogP contribution >= 0.6 is 0 Å². The number of esters is 1. The summed E-state index contributed by atoms with van der Waals surface area (Å²) in [6.07, 6.45) is 0.383. The molecule has 0 fully saturated rings. The molecule has 1 rings (SSSR count). The summed E-state index contributed by atoms with van der Waals surface area (Å²) >= 11 is 0. The molecule has 0 saturated heterocycles. The van der Waals surface area contributed by atoms with Gasteiger partial charge in [0, 0.05) is 12.0 Å². The molecule has 0 aliphatic carbocycles. The SMILES string of the molecule is COC(=O)C(CCC(C)=O)C(=O)c1ccccc1. The highest BCUT2D eigenvalue weighted by Gasteiger charge is 2.28. The van der Waals surface area contributed by atoms with Gasteiger partial charge < -0.3 is 9.53 Å². The van der Waals surface area contributed by atoms with E-state index in [1.54, 1.807) is 30.3 Å². The van der Waals surface area contributed by atoms with Crippen LogP contribution in [0.4, 0.5) is 0 Å². The number of carbonyl (C=O) groups is 3. The monoisotopic (exact) mass is 248 g/mol. The summed E-state index contributed by atoms with van der Waals surface area (Å²) in [4.78, 5) is 34.7. The Morgan fingerprint density at radius 2 is 1.78 bits per heavy atom. The third-order valence-electron chi connectivity index (χ3n) is 2.65. The van der Waals surface area contributed by atoms with Crippen molar-refractivity contribution in [1.82, 2.24) is 0 Å². The van der Waals surface area contributed by atoms with Gasteiger partial charge in [-0.2, -0.15) is 0 Å². The molecule has 0 aliphatic heterocycles.